The van der Waals surface area contributed by atoms with Gasteiger partial charge < -0.3 is 9.13 Å². The lowest BCUT2D eigenvalue weighted by atomic mass is 9.98. The summed E-state index contributed by atoms with van der Waals surface area (Å²) in [7, 11) is 0. The first kappa shape index (κ1) is 31.6. The Morgan fingerprint density at radius 1 is 0.379 bits per heavy atom. The number of aromatic nitrogens is 5. The number of rotatable bonds is 4. The van der Waals surface area contributed by atoms with Gasteiger partial charge in [0.1, 0.15) is 5.82 Å². The lowest BCUT2D eigenvalue weighted by molar-refractivity contribution is 1.09. The summed E-state index contributed by atoms with van der Waals surface area (Å²) in [6.07, 6.45) is 5.86. The maximum atomic E-state index is 5.03. The predicted molar refractivity (Wildman–Crippen MR) is 243 cm³/mol. The van der Waals surface area contributed by atoms with E-state index < -0.39 is 0 Å². The Morgan fingerprint density at radius 2 is 1.03 bits per heavy atom. The third-order valence-corrected chi connectivity index (χ3v) is 13.1. The zero-order valence-electron chi connectivity index (χ0n) is 31.0. The Bertz CT molecular complexity index is 3750. The van der Waals surface area contributed by atoms with Crippen LogP contribution in [-0.4, -0.2) is 23.7 Å². The molecule has 0 unspecified atom stereocenters. The first-order chi connectivity index (χ1) is 28.8. The van der Waals surface area contributed by atoms with Gasteiger partial charge in [-0.1, -0.05) is 91.0 Å². The van der Waals surface area contributed by atoms with Gasteiger partial charge in [0.05, 0.1) is 37.8 Å². The average Bonchev–Trinajstić information content (AvgIpc) is 4.02. The molecule has 0 fully saturated rings. The van der Waals surface area contributed by atoms with Crippen LogP contribution in [0.1, 0.15) is 0 Å². The molecule has 0 bridgehead atoms. The van der Waals surface area contributed by atoms with Crippen molar-refractivity contribution in [1.82, 2.24) is 23.7 Å². The number of thiophene rings is 1. The van der Waals surface area contributed by atoms with Crippen molar-refractivity contribution in [2.75, 3.05) is 0 Å². The molecule has 0 spiro atoms. The van der Waals surface area contributed by atoms with Crippen LogP contribution in [-0.2, 0) is 0 Å². The highest BCUT2D eigenvalue weighted by molar-refractivity contribution is 7.25. The van der Waals surface area contributed by atoms with Crippen LogP contribution >= 0.6 is 11.3 Å². The first-order valence-electron chi connectivity index (χ1n) is 19.6. The monoisotopic (exact) mass is 757 g/mol. The Kier molecular flexibility index (Phi) is 6.54. The maximum Gasteiger partial charge on any atom is 0.138 e. The SMILES string of the molecule is c1ccc(-n2c3ccccc3c3c(-c4ccc5c(c4)c4ccccc4n5-c4ccc5sc6cnc(-n7c8ccccc8c8cnccc87)cc6c5c4)cccc32)cc1. The number of benzene rings is 7. The molecule has 5 nitrogen and oxygen atoms in total. The van der Waals surface area contributed by atoms with Gasteiger partial charge >= 0.3 is 0 Å². The minimum atomic E-state index is 0.904. The molecule has 0 saturated heterocycles. The number of hydrogen-bond acceptors (Lipinski definition) is 3. The second-order valence-corrected chi connectivity index (χ2v) is 16.1. The molecule has 58 heavy (non-hydrogen) atoms. The first-order valence-corrected chi connectivity index (χ1v) is 20.4. The van der Waals surface area contributed by atoms with Crippen molar-refractivity contribution in [3.63, 3.8) is 0 Å². The molecule has 13 aromatic rings. The molecule has 0 atom stereocenters. The lowest BCUT2D eigenvalue weighted by Gasteiger charge is -2.10. The van der Waals surface area contributed by atoms with E-state index in [-0.39, 0.29) is 0 Å². The average molecular weight is 758 g/mol. The molecule has 6 heterocycles. The van der Waals surface area contributed by atoms with E-state index in [1.807, 2.05) is 18.6 Å². The van der Waals surface area contributed by atoms with Crippen molar-refractivity contribution in [3.05, 3.63) is 188 Å². The van der Waals surface area contributed by atoms with E-state index in [1.54, 1.807) is 11.3 Å². The maximum absolute atomic E-state index is 5.03. The van der Waals surface area contributed by atoms with Crippen LogP contribution in [0.3, 0.4) is 0 Å². The van der Waals surface area contributed by atoms with Crippen molar-refractivity contribution in [1.29, 1.82) is 0 Å². The van der Waals surface area contributed by atoms with E-state index in [2.05, 4.69) is 189 Å². The van der Waals surface area contributed by atoms with Crippen LogP contribution in [0, 0.1) is 0 Å². The van der Waals surface area contributed by atoms with Gasteiger partial charge in [0.25, 0.3) is 0 Å². The minimum Gasteiger partial charge on any atom is -0.309 e. The van der Waals surface area contributed by atoms with Crippen LogP contribution in [0.5, 0.6) is 0 Å². The second-order valence-electron chi connectivity index (χ2n) is 15.0. The number of para-hydroxylation sites is 4. The smallest absolute Gasteiger partial charge is 0.138 e. The van der Waals surface area contributed by atoms with E-state index in [4.69, 9.17) is 4.98 Å². The zero-order chi connectivity index (χ0) is 37.9. The largest absolute Gasteiger partial charge is 0.309 e. The molecule has 6 heteroatoms. The highest BCUT2D eigenvalue weighted by Gasteiger charge is 2.20. The third kappa shape index (κ3) is 4.40. The van der Waals surface area contributed by atoms with E-state index in [9.17, 15) is 0 Å². The topological polar surface area (TPSA) is 40.6 Å². The van der Waals surface area contributed by atoms with Crippen LogP contribution < -0.4 is 0 Å². The standard InChI is InChI=1S/C52H31N5S/c1-2-11-33(12-3-1)55-45-19-9-6-15-38(45)52-35(16-10-20-48(52)55)32-21-23-46-39(27-32)36-13-4-7-17-43(36)56(46)34-22-24-49-40(28-34)41-29-51(54-31-50(41)58-49)57-44-18-8-5-14-37(44)42-30-53-26-25-47(42)57/h1-31H. The van der Waals surface area contributed by atoms with E-state index in [1.165, 1.54) is 80.3 Å². The molecule has 0 saturated carbocycles. The van der Waals surface area contributed by atoms with Gasteiger partial charge in [-0.15, -0.1) is 11.3 Å². The molecule has 0 radical (unpaired) electrons. The van der Waals surface area contributed by atoms with Gasteiger partial charge in [-0.2, -0.15) is 0 Å². The summed E-state index contributed by atoms with van der Waals surface area (Å²) in [5.74, 6) is 0.904. The Morgan fingerprint density at radius 3 is 1.88 bits per heavy atom. The minimum absolute atomic E-state index is 0.904. The van der Waals surface area contributed by atoms with Crippen LogP contribution in [0.25, 0.3) is 114 Å². The predicted octanol–water partition coefficient (Wildman–Crippen LogP) is 13.8. The molecule has 0 aliphatic heterocycles. The normalized spacial score (nSPS) is 12.1. The van der Waals surface area contributed by atoms with Crippen molar-refractivity contribution >= 4 is 96.9 Å². The van der Waals surface area contributed by atoms with E-state index in [0.29, 0.717) is 0 Å². The summed E-state index contributed by atoms with van der Waals surface area (Å²) in [4.78, 5) is 9.48. The highest BCUT2D eigenvalue weighted by atomic mass is 32.1. The molecule has 13 rings (SSSR count). The van der Waals surface area contributed by atoms with Gasteiger partial charge in [-0.05, 0) is 90.0 Å². The third-order valence-electron chi connectivity index (χ3n) is 12.0. The van der Waals surface area contributed by atoms with E-state index >= 15 is 0 Å². The lowest BCUT2D eigenvalue weighted by Crippen LogP contribution is -1.96. The Balaban J connectivity index is 1.00. The molecular weight excluding hydrogens is 727 g/mol. The number of nitrogens with zero attached hydrogens (tertiary/aromatic N) is 5. The van der Waals surface area contributed by atoms with E-state index in [0.717, 1.165) is 33.6 Å². The summed E-state index contributed by atoms with van der Waals surface area (Å²) in [6, 6.07) is 61.8. The number of hydrogen-bond donors (Lipinski definition) is 0. The van der Waals surface area contributed by atoms with Crippen molar-refractivity contribution < 1.29 is 0 Å². The van der Waals surface area contributed by atoms with Gasteiger partial charge in [0, 0.05) is 77.8 Å². The van der Waals surface area contributed by atoms with Crippen LogP contribution in [0.15, 0.2) is 188 Å². The zero-order valence-corrected chi connectivity index (χ0v) is 31.9. The second kappa shape index (κ2) is 12.0. The Hall–Kier alpha value is -7.54. The Labute approximate surface area is 335 Å². The fourth-order valence-corrected chi connectivity index (χ4v) is 10.6. The molecule has 0 aliphatic rings. The number of fused-ring (bicyclic) bond motifs is 12. The molecule has 6 aromatic heterocycles. The van der Waals surface area contributed by atoms with Crippen molar-refractivity contribution in [2.45, 2.75) is 0 Å². The molecule has 0 amide bonds. The van der Waals surface area contributed by atoms with Gasteiger partial charge in [-0.3, -0.25) is 9.55 Å². The fraction of sp³-hybridized carbons (Fsp3) is 0. The quantitative estimate of drug-likeness (QED) is 0.179. The molecule has 0 N–H and O–H groups in total. The molecule has 7 aromatic carbocycles. The summed E-state index contributed by atoms with van der Waals surface area (Å²) >= 11 is 1.80. The number of pyridine rings is 2. The van der Waals surface area contributed by atoms with Gasteiger partial charge in [-0.25, -0.2) is 4.98 Å². The van der Waals surface area contributed by atoms with Crippen LogP contribution in [0.4, 0.5) is 0 Å². The van der Waals surface area contributed by atoms with Crippen LogP contribution in [0.2, 0.25) is 0 Å². The molecule has 0 aliphatic carbocycles. The van der Waals surface area contributed by atoms with Crippen molar-refractivity contribution in [2.24, 2.45) is 0 Å². The summed E-state index contributed by atoms with van der Waals surface area (Å²) in [6.45, 7) is 0. The summed E-state index contributed by atoms with van der Waals surface area (Å²) in [5, 5.41) is 9.74. The fourth-order valence-electron chi connectivity index (χ4n) is 9.52. The highest BCUT2D eigenvalue weighted by Crippen LogP contribution is 2.43. The summed E-state index contributed by atoms with van der Waals surface area (Å²) < 4.78 is 9.51. The van der Waals surface area contributed by atoms with Crippen molar-refractivity contribution in [3.8, 4) is 28.3 Å². The van der Waals surface area contributed by atoms with Gasteiger partial charge in [0.2, 0.25) is 0 Å². The summed E-state index contributed by atoms with van der Waals surface area (Å²) in [5.41, 5.74) is 11.8. The van der Waals surface area contributed by atoms with Gasteiger partial charge in [0.15, 0.2) is 0 Å². The molecular formula is C52H31N5S. The molecule has 270 valence electrons.